The molecule has 22 heavy (non-hydrogen) atoms. The van der Waals surface area contributed by atoms with Gasteiger partial charge in [0.2, 0.25) is 0 Å². The Labute approximate surface area is 126 Å². The Kier molecular flexibility index (Phi) is 4.70. The fourth-order valence-electron chi connectivity index (χ4n) is 3.41. The number of ether oxygens (including phenoxy) is 3. The molecule has 3 aliphatic heterocycles. The zero-order valence-electron chi connectivity index (χ0n) is 11.8. The van der Waals surface area contributed by atoms with Crippen molar-refractivity contribution >= 4 is 0 Å². The number of aliphatic hydroxyl groups is 6. The van der Waals surface area contributed by atoms with Gasteiger partial charge >= 0.3 is 0 Å². The van der Waals surface area contributed by atoms with Crippen molar-refractivity contribution in [2.45, 2.75) is 61.5 Å². The molecule has 0 unspecified atom stereocenters. The summed E-state index contributed by atoms with van der Waals surface area (Å²) in [6.07, 6.45) is -9.70. The molecule has 128 valence electrons. The first-order chi connectivity index (χ1) is 10.4. The summed E-state index contributed by atoms with van der Waals surface area (Å²) >= 11 is 0. The van der Waals surface area contributed by atoms with Crippen LogP contribution in [0.15, 0.2) is 0 Å². The Balaban J connectivity index is 1.71. The SMILES string of the molecule is OC[C@H]1O[C@@H](C[C@H]2[C@H](O)[C@@H](O)[C@@H]3OC[C@H]2O3)[C@H](O)[C@@H](O)[C@@H]1O. The summed E-state index contributed by atoms with van der Waals surface area (Å²) in [5, 5.41) is 58.8. The van der Waals surface area contributed by atoms with Crippen molar-refractivity contribution in [1.29, 1.82) is 0 Å². The third-order valence-corrected chi connectivity index (χ3v) is 4.77. The Bertz CT molecular complexity index is 392. The average Bonchev–Trinajstić information content (AvgIpc) is 2.96. The third-order valence-electron chi connectivity index (χ3n) is 4.77. The summed E-state index contributed by atoms with van der Waals surface area (Å²) < 4.78 is 16.1. The van der Waals surface area contributed by atoms with Crippen molar-refractivity contribution in [2.24, 2.45) is 5.92 Å². The first kappa shape index (κ1) is 16.5. The first-order valence-corrected chi connectivity index (χ1v) is 7.37. The Morgan fingerprint density at radius 2 is 1.45 bits per heavy atom. The van der Waals surface area contributed by atoms with Gasteiger partial charge in [0, 0.05) is 5.92 Å². The molecule has 3 rings (SSSR count). The third kappa shape index (κ3) is 2.66. The van der Waals surface area contributed by atoms with Crippen LogP contribution in [-0.4, -0.2) is 99.0 Å². The van der Waals surface area contributed by atoms with Gasteiger partial charge in [0.15, 0.2) is 6.29 Å². The number of fused-ring (bicyclic) bond motifs is 2. The van der Waals surface area contributed by atoms with Crippen LogP contribution in [0.1, 0.15) is 6.42 Å². The van der Waals surface area contributed by atoms with Crippen molar-refractivity contribution in [2.75, 3.05) is 13.2 Å². The quantitative estimate of drug-likeness (QED) is 0.309. The van der Waals surface area contributed by atoms with Crippen LogP contribution < -0.4 is 0 Å². The van der Waals surface area contributed by atoms with Gasteiger partial charge in [-0.2, -0.15) is 0 Å². The van der Waals surface area contributed by atoms with Gasteiger partial charge in [-0.05, 0) is 6.42 Å². The van der Waals surface area contributed by atoms with Crippen molar-refractivity contribution in [1.82, 2.24) is 0 Å². The van der Waals surface area contributed by atoms with E-state index in [1.165, 1.54) is 0 Å². The van der Waals surface area contributed by atoms with Gasteiger partial charge in [-0.25, -0.2) is 0 Å². The van der Waals surface area contributed by atoms with E-state index < -0.39 is 67.6 Å². The topological polar surface area (TPSA) is 149 Å². The second kappa shape index (κ2) is 6.27. The lowest BCUT2D eigenvalue weighted by molar-refractivity contribution is -0.249. The predicted octanol–water partition coefficient (Wildman–Crippen LogP) is -3.69. The molecule has 3 saturated heterocycles. The molecule has 0 aromatic rings. The second-order valence-electron chi connectivity index (χ2n) is 6.12. The molecule has 3 heterocycles. The number of aliphatic hydroxyl groups excluding tert-OH is 6. The molecule has 9 nitrogen and oxygen atoms in total. The summed E-state index contributed by atoms with van der Waals surface area (Å²) in [4.78, 5) is 0. The average molecular weight is 322 g/mol. The van der Waals surface area contributed by atoms with Crippen LogP contribution in [0.25, 0.3) is 0 Å². The first-order valence-electron chi connectivity index (χ1n) is 7.37. The molecular weight excluding hydrogens is 300 g/mol. The van der Waals surface area contributed by atoms with Gasteiger partial charge < -0.3 is 44.8 Å². The van der Waals surface area contributed by atoms with Crippen LogP contribution in [0.5, 0.6) is 0 Å². The minimum Gasteiger partial charge on any atom is -0.394 e. The molecule has 0 aromatic carbocycles. The van der Waals surface area contributed by atoms with Crippen molar-refractivity contribution in [3.05, 3.63) is 0 Å². The fraction of sp³-hybridized carbons (Fsp3) is 1.00. The normalized spacial score (nSPS) is 55.4. The molecule has 10 atom stereocenters. The summed E-state index contributed by atoms with van der Waals surface area (Å²) in [5.74, 6) is -0.560. The van der Waals surface area contributed by atoms with Crippen LogP contribution in [0, 0.1) is 5.92 Å². The van der Waals surface area contributed by atoms with Crippen LogP contribution >= 0.6 is 0 Å². The number of rotatable bonds is 3. The lowest BCUT2D eigenvalue weighted by atomic mass is 9.82. The maximum atomic E-state index is 10.2. The van der Waals surface area contributed by atoms with Gasteiger partial charge in [-0.15, -0.1) is 0 Å². The minimum atomic E-state index is -1.46. The van der Waals surface area contributed by atoms with Gasteiger partial charge in [0.25, 0.3) is 0 Å². The summed E-state index contributed by atoms with van der Waals surface area (Å²) in [6.45, 7) is -0.302. The zero-order chi connectivity index (χ0) is 16.0. The molecular formula is C13H22O9. The maximum Gasteiger partial charge on any atom is 0.186 e. The molecule has 0 aromatic heterocycles. The molecule has 9 heteroatoms. The Morgan fingerprint density at radius 1 is 0.773 bits per heavy atom. The summed E-state index contributed by atoms with van der Waals surface area (Å²) in [7, 11) is 0. The van der Waals surface area contributed by atoms with E-state index in [-0.39, 0.29) is 13.0 Å². The van der Waals surface area contributed by atoms with Gasteiger partial charge in [0.1, 0.15) is 30.5 Å². The zero-order valence-corrected chi connectivity index (χ0v) is 11.8. The lowest BCUT2D eigenvalue weighted by Gasteiger charge is -2.43. The largest absolute Gasteiger partial charge is 0.394 e. The smallest absolute Gasteiger partial charge is 0.186 e. The number of hydrogen-bond acceptors (Lipinski definition) is 9. The molecule has 0 radical (unpaired) electrons. The standard InChI is InChI=1S/C13H22O9/c14-2-6-10(17)11(18)9(16)5(21-6)1-4-7-3-20-13(22-7)12(19)8(4)15/h4-19H,1-3H2/t4-,5+,6-,7-,8+,9+,10-,11-,12-,13-/m1/s1. The highest BCUT2D eigenvalue weighted by molar-refractivity contribution is 4.98. The van der Waals surface area contributed by atoms with E-state index in [1.54, 1.807) is 0 Å². The van der Waals surface area contributed by atoms with Crippen LogP contribution in [0.4, 0.5) is 0 Å². The van der Waals surface area contributed by atoms with Crippen LogP contribution in [0.3, 0.4) is 0 Å². The van der Waals surface area contributed by atoms with Gasteiger partial charge in [-0.3, -0.25) is 0 Å². The van der Waals surface area contributed by atoms with E-state index in [4.69, 9.17) is 14.2 Å². The monoisotopic (exact) mass is 322 g/mol. The molecule has 3 fully saturated rings. The fourth-order valence-corrected chi connectivity index (χ4v) is 3.41. The molecule has 0 amide bonds. The molecule has 6 N–H and O–H groups in total. The van der Waals surface area contributed by atoms with E-state index >= 15 is 0 Å². The van der Waals surface area contributed by atoms with Crippen molar-refractivity contribution in [3.8, 4) is 0 Å². The summed E-state index contributed by atoms with van der Waals surface area (Å²) in [6, 6.07) is 0. The van der Waals surface area contributed by atoms with Crippen molar-refractivity contribution < 1.29 is 44.8 Å². The predicted molar refractivity (Wildman–Crippen MR) is 68.5 cm³/mol. The van der Waals surface area contributed by atoms with Gasteiger partial charge in [-0.1, -0.05) is 0 Å². The van der Waals surface area contributed by atoms with E-state index in [2.05, 4.69) is 0 Å². The van der Waals surface area contributed by atoms with E-state index in [0.29, 0.717) is 0 Å². The van der Waals surface area contributed by atoms with E-state index in [9.17, 15) is 30.6 Å². The molecule has 0 aliphatic carbocycles. The second-order valence-corrected chi connectivity index (χ2v) is 6.12. The lowest BCUT2D eigenvalue weighted by Crippen LogP contribution is -2.60. The number of hydrogen-bond donors (Lipinski definition) is 6. The van der Waals surface area contributed by atoms with E-state index in [1.807, 2.05) is 0 Å². The molecule has 0 spiro atoms. The highest BCUT2D eigenvalue weighted by Crippen LogP contribution is 2.37. The van der Waals surface area contributed by atoms with Crippen LogP contribution in [0.2, 0.25) is 0 Å². The molecule has 2 bridgehead atoms. The molecule has 3 aliphatic rings. The van der Waals surface area contributed by atoms with Crippen molar-refractivity contribution in [3.63, 3.8) is 0 Å². The highest BCUT2D eigenvalue weighted by Gasteiger charge is 2.52. The Hall–Kier alpha value is -0.360. The molecule has 0 saturated carbocycles. The summed E-state index contributed by atoms with van der Waals surface area (Å²) in [5.41, 5.74) is 0. The Morgan fingerprint density at radius 3 is 2.14 bits per heavy atom. The maximum absolute atomic E-state index is 10.2. The highest BCUT2D eigenvalue weighted by atomic mass is 16.7. The van der Waals surface area contributed by atoms with Crippen LogP contribution in [-0.2, 0) is 14.2 Å². The van der Waals surface area contributed by atoms with E-state index in [0.717, 1.165) is 0 Å². The van der Waals surface area contributed by atoms with Gasteiger partial charge in [0.05, 0.1) is 31.5 Å². The minimum absolute atomic E-state index is 0.0838.